The second-order valence-corrected chi connectivity index (χ2v) is 7.59. The summed E-state index contributed by atoms with van der Waals surface area (Å²) in [6.45, 7) is 8.12. The van der Waals surface area contributed by atoms with Gasteiger partial charge in [-0.3, -0.25) is 4.18 Å². The molecule has 2 unspecified atom stereocenters. The van der Waals surface area contributed by atoms with Crippen molar-refractivity contribution in [1.82, 2.24) is 0 Å². The second-order valence-electron chi connectivity index (χ2n) is 5.99. The Morgan fingerprint density at radius 2 is 2.05 bits per heavy atom. The van der Waals surface area contributed by atoms with Crippen LogP contribution >= 0.6 is 0 Å². The van der Waals surface area contributed by atoms with Crippen LogP contribution in [0.1, 0.15) is 53.4 Å². The maximum atomic E-state index is 10.9. The van der Waals surface area contributed by atoms with Crippen LogP contribution in [-0.4, -0.2) is 32.5 Å². The van der Waals surface area contributed by atoms with Crippen molar-refractivity contribution < 1.29 is 17.3 Å². The van der Waals surface area contributed by atoms with Crippen molar-refractivity contribution in [3.05, 3.63) is 11.6 Å². The first-order valence-electron chi connectivity index (χ1n) is 6.82. The summed E-state index contributed by atoms with van der Waals surface area (Å²) in [6.07, 6.45) is 7.04. The summed E-state index contributed by atoms with van der Waals surface area (Å²) in [5.74, 6) is 0. The Balaban J connectivity index is 2.17. The number of rotatable bonds is 8. The lowest BCUT2D eigenvalue weighted by Gasteiger charge is -2.09. The van der Waals surface area contributed by atoms with Gasteiger partial charge in [0, 0.05) is 0 Å². The molecule has 0 spiro atoms. The van der Waals surface area contributed by atoms with Gasteiger partial charge >= 0.3 is 0 Å². The van der Waals surface area contributed by atoms with Crippen LogP contribution < -0.4 is 0 Å². The monoisotopic (exact) mass is 290 g/mol. The van der Waals surface area contributed by atoms with Crippen LogP contribution in [0.25, 0.3) is 0 Å². The van der Waals surface area contributed by atoms with E-state index in [0.717, 1.165) is 31.9 Å². The predicted octanol–water partition coefficient (Wildman–Crippen LogP) is 3.04. The Morgan fingerprint density at radius 3 is 2.53 bits per heavy atom. The van der Waals surface area contributed by atoms with Gasteiger partial charge in [0.15, 0.2) is 0 Å². The fraction of sp³-hybridized carbons (Fsp3) is 0.857. The highest BCUT2D eigenvalue weighted by Crippen LogP contribution is 2.38. The maximum Gasteiger partial charge on any atom is 0.264 e. The van der Waals surface area contributed by atoms with Crippen LogP contribution in [-0.2, 0) is 19.0 Å². The maximum absolute atomic E-state index is 10.9. The average molecular weight is 290 g/mol. The molecule has 0 radical (unpaired) electrons. The minimum Gasteiger partial charge on any atom is -0.367 e. The van der Waals surface area contributed by atoms with E-state index >= 15 is 0 Å². The molecule has 1 rings (SSSR count). The van der Waals surface area contributed by atoms with Gasteiger partial charge in [0.2, 0.25) is 0 Å². The summed E-state index contributed by atoms with van der Waals surface area (Å²) in [7, 11) is -3.34. The number of hydrogen-bond donors (Lipinski definition) is 0. The van der Waals surface area contributed by atoms with Gasteiger partial charge in [-0.25, -0.2) is 0 Å². The minimum absolute atomic E-state index is 0.0676. The molecule has 1 aliphatic heterocycles. The Bertz CT molecular complexity index is 423. The highest BCUT2D eigenvalue weighted by atomic mass is 32.2. The van der Waals surface area contributed by atoms with E-state index in [-0.39, 0.29) is 11.7 Å². The molecule has 2 atom stereocenters. The quantitative estimate of drug-likeness (QED) is 0.392. The van der Waals surface area contributed by atoms with Crippen molar-refractivity contribution in [2.75, 3.05) is 6.26 Å². The molecule has 0 aromatic carbocycles. The zero-order valence-electron chi connectivity index (χ0n) is 12.6. The van der Waals surface area contributed by atoms with Gasteiger partial charge in [0.25, 0.3) is 10.1 Å². The molecular formula is C14H26O4S. The zero-order chi connectivity index (χ0) is 14.7. The van der Waals surface area contributed by atoms with E-state index in [2.05, 4.69) is 26.8 Å². The van der Waals surface area contributed by atoms with Gasteiger partial charge in [-0.1, -0.05) is 11.6 Å². The fourth-order valence-electron chi connectivity index (χ4n) is 2.11. The summed E-state index contributed by atoms with van der Waals surface area (Å²) in [5, 5.41) is 0. The Labute approximate surface area is 117 Å². The second kappa shape index (κ2) is 6.37. The first kappa shape index (κ1) is 16.7. The van der Waals surface area contributed by atoms with E-state index in [9.17, 15) is 8.42 Å². The van der Waals surface area contributed by atoms with Gasteiger partial charge in [-0.2, -0.15) is 8.42 Å². The Morgan fingerprint density at radius 1 is 1.47 bits per heavy atom. The van der Waals surface area contributed by atoms with Gasteiger partial charge < -0.3 is 4.74 Å². The molecule has 19 heavy (non-hydrogen) atoms. The third kappa shape index (κ3) is 7.09. The molecule has 0 saturated carbocycles. The molecule has 4 nitrogen and oxygen atoms in total. The molecule has 0 aromatic rings. The lowest BCUT2D eigenvalue weighted by Crippen LogP contribution is -2.13. The van der Waals surface area contributed by atoms with Gasteiger partial charge in [0.05, 0.1) is 24.1 Å². The van der Waals surface area contributed by atoms with E-state index in [4.69, 9.17) is 8.92 Å². The topological polar surface area (TPSA) is 55.9 Å². The largest absolute Gasteiger partial charge is 0.367 e. The van der Waals surface area contributed by atoms with Crippen LogP contribution in [0.5, 0.6) is 0 Å². The van der Waals surface area contributed by atoms with Crippen molar-refractivity contribution in [3.63, 3.8) is 0 Å². The smallest absolute Gasteiger partial charge is 0.264 e. The first-order valence-corrected chi connectivity index (χ1v) is 8.63. The number of allylic oxidation sites excluding steroid dienone is 2. The molecule has 1 saturated heterocycles. The van der Waals surface area contributed by atoms with Crippen molar-refractivity contribution in [3.8, 4) is 0 Å². The molecule has 0 aliphatic carbocycles. The van der Waals surface area contributed by atoms with E-state index in [1.807, 2.05) is 0 Å². The number of ether oxygens (including phenoxy) is 1. The summed E-state index contributed by atoms with van der Waals surface area (Å²) in [6, 6.07) is 0. The van der Waals surface area contributed by atoms with E-state index in [0.29, 0.717) is 6.10 Å². The number of epoxide rings is 1. The normalized spacial score (nSPS) is 24.3. The molecule has 1 aliphatic rings. The van der Waals surface area contributed by atoms with Crippen molar-refractivity contribution in [2.45, 2.75) is 71.2 Å². The van der Waals surface area contributed by atoms with Gasteiger partial charge in [-0.05, 0) is 53.4 Å². The highest BCUT2D eigenvalue weighted by Gasteiger charge is 2.46. The first-order chi connectivity index (χ1) is 8.60. The van der Waals surface area contributed by atoms with Crippen LogP contribution in [0.3, 0.4) is 0 Å². The third-order valence-corrected chi connectivity index (χ3v) is 4.05. The van der Waals surface area contributed by atoms with E-state index in [1.54, 1.807) is 6.92 Å². The highest BCUT2D eigenvalue weighted by molar-refractivity contribution is 7.86. The molecular weight excluding hydrogens is 264 g/mol. The summed E-state index contributed by atoms with van der Waals surface area (Å²) >= 11 is 0. The van der Waals surface area contributed by atoms with Crippen LogP contribution in [0, 0.1) is 0 Å². The Kier molecular flexibility index (Phi) is 5.59. The predicted molar refractivity (Wildman–Crippen MR) is 76.6 cm³/mol. The molecule has 0 amide bonds. The molecule has 1 heterocycles. The molecule has 0 N–H and O–H groups in total. The van der Waals surface area contributed by atoms with E-state index in [1.165, 1.54) is 5.57 Å². The summed E-state index contributed by atoms with van der Waals surface area (Å²) < 4.78 is 32.3. The molecule has 1 fully saturated rings. The van der Waals surface area contributed by atoms with Crippen LogP contribution in [0.2, 0.25) is 0 Å². The standard InChI is InChI=1S/C14H26O4S/c1-11(9-10-13-14(3,4)17-13)7-6-8-12(2)18-19(5,15)16/h7,12-13H,6,8-10H2,1-5H3/b11-7+. The summed E-state index contributed by atoms with van der Waals surface area (Å²) in [4.78, 5) is 0. The number of hydrogen-bond acceptors (Lipinski definition) is 4. The Hall–Kier alpha value is -0.390. The van der Waals surface area contributed by atoms with Crippen molar-refractivity contribution >= 4 is 10.1 Å². The molecule has 0 bridgehead atoms. The SMILES string of the molecule is C/C(=C\CCC(C)OS(C)(=O)=O)CCC1OC1(C)C. The molecule has 5 heteroatoms. The fourth-order valence-corrected chi connectivity index (χ4v) is 2.80. The minimum atomic E-state index is -3.34. The zero-order valence-corrected chi connectivity index (χ0v) is 13.4. The van der Waals surface area contributed by atoms with Crippen molar-refractivity contribution in [2.24, 2.45) is 0 Å². The lowest BCUT2D eigenvalue weighted by atomic mass is 10.0. The van der Waals surface area contributed by atoms with Crippen LogP contribution in [0.4, 0.5) is 0 Å². The van der Waals surface area contributed by atoms with Gasteiger partial charge in [0.1, 0.15) is 0 Å². The lowest BCUT2D eigenvalue weighted by molar-refractivity contribution is 0.222. The third-order valence-electron chi connectivity index (χ3n) is 3.37. The molecule has 112 valence electrons. The van der Waals surface area contributed by atoms with Crippen LogP contribution in [0.15, 0.2) is 11.6 Å². The van der Waals surface area contributed by atoms with Gasteiger partial charge in [-0.15, -0.1) is 0 Å². The van der Waals surface area contributed by atoms with Crippen molar-refractivity contribution in [1.29, 1.82) is 0 Å². The van der Waals surface area contributed by atoms with E-state index < -0.39 is 10.1 Å². The average Bonchev–Trinajstić information content (AvgIpc) is 2.81. The molecule has 0 aromatic heterocycles. The summed E-state index contributed by atoms with van der Waals surface area (Å²) in [5.41, 5.74) is 1.40.